The molecule has 2 aromatic carbocycles. The number of aromatic nitrogens is 1. The summed E-state index contributed by atoms with van der Waals surface area (Å²) in [4.78, 5) is 8.56. The Morgan fingerprint density at radius 1 is 1.09 bits per heavy atom. The maximum Gasteiger partial charge on any atom is 0.123 e. The molecule has 0 saturated carbocycles. The first-order valence-corrected chi connectivity index (χ1v) is 11.4. The third kappa shape index (κ3) is 3.47. The number of H-pyrrole nitrogens is 1. The molecule has 0 aliphatic carbocycles. The van der Waals surface area contributed by atoms with Crippen molar-refractivity contribution in [3.05, 3.63) is 59.3 Å². The third-order valence-corrected chi connectivity index (χ3v) is 7.53. The average Bonchev–Trinajstić information content (AvgIpc) is 3.21. The van der Waals surface area contributed by atoms with Gasteiger partial charge < -0.3 is 24.5 Å². The van der Waals surface area contributed by atoms with E-state index in [-0.39, 0.29) is 18.1 Å². The number of ether oxygens (including phenoxy) is 2. The van der Waals surface area contributed by atoms with Gasteiger partial charge in [-0.2, -0.15) is 0 Å². The maximum absolute atomic E-state index is 10.5. The molecule has 32 heavy (non-hydrogen) atoms. The van der Waals surface area contributed by atoms with Crippen molar-refractivity contribution in [3.63, 3.8) is 0 Å². The van der Waals surface area contributed by atoms with Crippen LogP contribution in [-0.2, 0) is 12.0 Å². The zero-order valence-corrected chi connectivity index (χ0v) is 19.2. The number of aromatic amines is 1. The molecule has 2 N–H and O–H groups in total. The molecule has 0 unspecified atom stereocenters. The molecule has 0 bridgehead atoms. The largest absolute Gasteiger partial charge is 0.497 e. The first kappa shape index (κ1) is 21.3. The van der Waals surface area contributed by atoms with Gasteiger partial charge in [-0.1, -0.05) is 18.2 Å². The third-order valence-electron chi connectivity index (χ3n) is 7.53. The van der Waals surface area contributed by atoms with E-state index in [1.54, 1.807) is 14.2 Å². The number of aliphatic hydroxyl groups excluding tert-OH is 1. The lowest BCUT2D eigenvalue weighted by molar-refractivity contribution is 0.0470. The van der Waals surface area contributed by atoms with Gasteiger partial charge in [0.2, 0.25) is 0 Å². The van der Waals surface area contributed by atoms with Crippen LogP contribution in [0.2, 0.25) is 0 Å². The van der Waals surface area contributed by atoms with E-state index in [0.29, 0.717) is 0 Å². The van der Waals surface area contributed by atoms with Gasteiger partial charge in [0.15, 0.2) is 0 Å². The summed E-state index contributed by atoms with van der Waals surface area (Å²) in [5.74, 6) is 1.74. The molecule has 2 aliphatic heterocycles. The van der Waals surface area contributed by atoms with Crippen molar-refractivity contribution < 1.29 is 14.6 Å². The number of methoxy groups -OCH3 is 2. The van der Waals surface area contributed by atoms with E-state index in [0.717, 1.165) is 67.3 Å². The van der Waals surface area contributed by atoms with E-state index in [4.69, 9.17) is 9.47 Å². The fourth-order valence-corrected chi connectivity index (χ4v) is 5.79. The van der Waals surface area contributed by atoms with Crippen molar-refractivity contribution in [1.29, 1.82) is 0 Å². The second kappa shape index (κ2) is 8.43. The van der Waals surface area contributed by atoms with Crippen LogP contribution in [0.15, 0.2) is 42.5 Å². The van der Waals surface area contributed by atoms with Crippen LogP contribution in [0, 0.1) is 0 Å². The molecule has 0 radical (unpaired) electrons. The van der Waals surface area contributed by atoms with Crippen molar-refractivity contribution >= 4 is 10.9 Å². The smallest absolute Gasteiger partial charge is 0.123 e. The maximum atomic E-state index is 10.5. The van der Waals surface area contributed by atoms with Crippen molar-refractivity contribution in [3.8, 4) is 11.5 Å². The fraction of sp³-hybridized carbons (Fsp3) is 0.462. The van der Waals surface area contributed by atoms with Crippen LogP contribution in [0.25, 0.3) is 10.9 Å². The fourth-order valence-electron chi connectivity index (χ4n) is 5.79. The molecule has 1 saturated heterocycles. The predicted molar refractivity (Wildman–Crippen MR) is 126 cm³/mol. The molecule has 5 rings (SSSR count). The Hall–Kier alpha value is -2.54. The number of aliphatic hydroxyl groups is 1. The lowest BCUT2D eigenvalue weighted by Gasteiger charge is -2.50. The topological polar surface area (TPSA) is 61.0 Å². The summed E-state index contributed by atoms with van der Waals surface area (Å²) in [6, 6.07) is 14.4. The Morgan fingerprint density at radius 2 is 1.88 bits per heavy atom. The predicted octanol–water partition coefficient (Wildman–Crippen LogP) is 3.70. The highest BCUT2D eigenvalue weighted by Crippen LogP contribution is 2.49. The lowest BCUT2D eigenvalue weighted by atomic mass is 9.68. The van der Waals surface area contributed by atoms with E-state index in [9.17, 15) is 5.11 Å². The van der Waals surface area contributed by atoms with Gasteiger partial charge in [0.1, 0.15) is 11.5 Å². The van der Waals surface area contributed by atoms with Crippen LogP contribution in [0.1, 0.15) is 35.7 Å². The van der Waals surface area contributed by atoms with Gasteiger partial charge in [-0.25, -0.2) is 0 Å². The zero-order valence-electron chi connectivity index (χ0n) is 19.2. The number of hydrogen-bond acceptors (Lipinski definition) is 5. The Balaban J connectivity index is 1.63. The molecule has 1 spiro atoms. The zero-order chi connectivity index (χ0) is 22.3. The highest BCUT2D eigenvalue weighted by molar-refractivity contribution is 5.87. The van der Waals surface area contributed by atoms with Crippen LogP contribution in [0.5, 0.6) is 11.5 Å². The van der Waals surface area contributed by atoms with Crippen molar-refractivity contribution in [2.75, 3.05) is 47.5 Å². The van der Waals surface area contributed by atoms with E-state index in [1.165, 1.54) is 10.9 Å². The van der Waals surface area contributed by atoms with Gasteiger partial charge in [-0.05, 0) is 56.7 Å². The number of nitrogens with zero attached hydrogens (tertiary/aromatic N) is 2. The summed E-state index contributed by atoms with van der Waals surface area (Å²) < 4.78 is 11.1. The number of benzene rings is 2. The summed E-state index contributed by atoms with van der Waals surface area (Å²) in [6.07, 6.45) is 2.21. The molecule has 0 amide bonds. The van der Waals surface area contributed by atoms with E-state index < -0.39 is 0 Å². The van der Waals surface area contributed by atoms with Gasteiger partial charge in [0, 0.05) is 46.7 Å². The highest BCUT2D eigenvalue weighted by Gasteiger charge is 2.47. The van der Waals surface area contributed by atoms with E-state index >= 15 is 0 Å². The number of para-hydroxylation sites is 1. The minimum absolute atomic E-state index is 0.0579. The van der Waals surface area contributed by atoms with Gasteiger partial charge in [-0.3, -0.25) is 4.90 Å². The molecule has 6 nitrogen and oxygen atoms in total. The Kier molecular flexibility index (Phi) is 5.61. The first-order valence-electron chi connectivity index (χ1n) is 11.4. The minimum atomic E-state index is -0.0846. The molecule has 170 valence electrons. The SMILES string of the molecule is COc1ccc2c3c([nH]c2c1)[C@@H](CO)N(Cc1ccccc1OC)CC31CCN(C)CC1. The monoisotopic (exact) mass is 435 g/mol. The van der Waals surface area contributed by atoms with Gasteiger partial charge in [0.05, 0.1) is 26.9 Å². The number of likely N-dealkylation sites (tertiary alicyclic amines) is 1. The quantitative estimate of drug-likeness (QED) is 0.640. The summed E-state index contributed by atoms with van der Waals surface area (Å²) in [7, 11) is 5.63. The minimum Gasteiger partial charge on any atom is -0.497 e. The Labute approximate surface area is 189 Å². The summed E-state index contributed by atoms with van der Waals surface area (Å²) in [6.45, 7) is 3.90. The van der Waals surface area contributed by atoms with Gasteiger partial charge in [0.25, 0.3) is 0 Å². The first-order chi connectivity index (χ1) is 15.6. The van der Waals surface area contributed by atoms with Crippen LogP contribution in [-0.4, -0.2) is 67.4 Å². The Morgan fingerprint density at radius 3 is 2.59 bits per heavy atom. The van der Waals surface area contributed by atoms with Gasteiger partial charge in [-0.15, -0.1) is 0 Å². The van der Waals surface area contributed by atoms with Crippen LogP contribution >= 0.6 is 0 Å². The molecular weight excluding hydrogens is 402 g/mol. The molecule has 2 aliphatic rings. The van der Waals surface area contributed by atoms with Crippen LogP contribution in [0.4, 0.5) is 0 Å². The lowest BCUT2D eigenvalue weighted by Crippen LogP contribution is -2.53. The molecule has 1 atom stereocenters. The molecule has 6 heteroatoms. The van der Waals surface area contributed by atoms with E-state index in [2.05, 4.69) is 46.1 Å². The number of fused-ring (bicyclic) bond motifs is 4. The van der Waals surface area contributed by atoms with Crippen molar-refractivity contribution in [1.82, 2.24) is 14.8 Å². The second-order valence-electron chi connectivity index (χ2n) is 9.32. The van der Waals surface area contributed by atoms with Crippen LogP contribution < -0.4 is 9.47 Å². The highest BCUT2D eigenvalue weighted by atomic mass is 16.5. The molecule has 1 fully saturated rings. The summed E-state index contributed by atoms with van der Waals surface area (Å²) in [5, 5.41) is 11.8. The summed E-state index contributed by atoms with van der Waals surface area (Å²) in [5.41, 5.74) is 4.85. The van der Waals surface area contributed by atoms with Crippen molar-refractivity contribution in [2.45, 2.75) is 30.8 Å². The Bertz CT molecular complexity index is 1100. The number of rotatable bonds is 5. The number of piperidine rings is 1. The molecule has 3 aromatic rings. The second-order valence-corrected chi connectivity index (χ2v) is 9.32. The van der Waals surface area contributed by atoms with E-state index in [1.807, 2.05) is 18.2 Å². The average molecular weight is 436 g/mol. The number of hydrogen-bond donors (Lipinski definition) is 2. The molecule has 1 aromatic heterocycles. The standard InChI is InChI=1S/C26H33N3O3/c1-28-12-10-26(11-13-28)17-29(15-18-6-4-5-7-23(18)32-3)22(16-30)25-24(26)20-9-8-19(31-2)14-21(20)27-25/h4-9,14,22,27,30H,10-13,15-17H2,1-3H3/t22-/m1/s1. The molecular formula is C26H33N3O3. The normalized spacial score (nSPS) is 21.1. The number of nitrogens with one attached hydrogen (secondary N) is 1. The molecule has 3 heterocycles. The van der Waals surface area contributed by atoms with Gasteiger partial charge >= 0.3 is 0 Å². The van der Waals surface area contributed by atoms with Crippen LogP contribution in [0.3, 0.4) is 0 Å². The summed E-state index contributed by atoms with van der Waals surface area (Å²) >= 11 is 0. The van der Waals surface area contributed by atoms with Crippen molar-refractivity contribution in [2.24, 2.45) is 0 Å².